The fourth-order valence-electron chi connectivity index (χ4n) is 4.51. The van der Waals surface area contributed by atoms with E-state index in [1.54, 1.807) is 55.6 Å². The number of allylic oxidation sites excluding steroid dienone is 1. The first-order chi connectivity index (χ1) is 18.1. The highest BCUT2D eigenvalue weighted by atomic mass is 35.5. The summed E-state index contributed by atoms with van der Waals surface area (Å²) in [6.45, 7) is 7.95. The summed E-state index contributed by atoms with van der Waals surface area (Å²) < 4.78 is 11.6. The molecule has 1 aliphatic heterocycles. The number of Topliss-reactive ketones (excluding diaryl/α,β-unsaturated/α-hetero) is 1. The maximum Gasteiger partial charge on any atom is 0.335 e. The van der Waals surface area contributed by atoms with Gasteiger partial charge in [-0.25, -0.2) is 4.79 Å². The van der Waals surface area contributed by atoms with Crippen LogP contribution in [0.3, 0.4) is 0 Å². The number of ketones is 1. The number of halogens is 1. The SMILES string of the molecule is CCOc1ccc(-c2ccc(C)c(C(=O)O)c2)cc1CC1(C(=O)c2ccc(OC(C)C)cc2Cl)C=CC=N1. The lowest BCUT2D eigenvalue weighted by Gasteiger charge is -2.25. The molecule has 0 aromatic heterocycles. The maximum atomic E-state index is 13.9. The number of aromatic carboxylic acids is 1. The van der Waals surface area contributed by atoms with Gasteiger partial charge in [0.25, 0.3) is 0 Å². The van der Waals surface area contributed by atoms with Crippen LogP contribution in [0.2, 0.25) is 5.02 Å². The third-order valence-electron chi connectivity index (χ3n) is 6.33. The molecule has 0 spiro atoms. The first kappa shape index (κ1) is 27.1. The molecule has 4 rings (SSSR count). The molecule has 7 heteroatoms. The van der Waals surface area contributed by atoms with E-state index in [0.717, 1.165) is 16.7 Å². The summed E-state index contributed by atoms with van der Waals surface area (Å²) in [6, 6.07) is 16.1. The van der Waals surface area contributed by atoms with E-state index in [-0.39, 0.29) is 23.9 Å². The first-order valence-electron chi connectivity index (χ1n) is 12.5. The number of hydrogen-bond acceptors (Lipinski definition) is 5. The Morgan fingerprint density at radius 3 is 2.39 bits per heavy atom. The van der Waals surface area contributed by atoms with E-state index in [1.165, 1.54) is 0 Å². The van der Waals surface area contributed by atoms with Crippen LogP contribution < -0.4 is 9.47 Å². The molecule has 0 amide bonds. The van der Waals surface area contributed by atoms with E-state index in [0.29, 0.717) is 34.3 Å². The van der Waals surface area contributed by atoms with Crippen molar-refractivity contribution in [2.24, 2.45) is 4.99 Å². The van der Waals surface area contributed by atoms with Gasteiger partial charge in [0, 0.05) is 18.2 Å². The minimum Gasteiger partial charge on any atom is -0.494 e. The van der Waals surface area contributed by atoms with E-state index in [2.05, 4.69) is 4.99 Å². The van der Waals surface area contributed by atoms with Crippen molar-refractivity contribution in [3.63, 3.8) is 0 Å². The van der Waals surface area contributed by atoms with Gasteiger partial charge in [-0.2, -0.15) is 0 Å². The van der Waals surface area contributed by atoms with E-state index in [9.17, 15) is 14.7 Å². The molecule has 1 N–H and O–H groups in total. The minimum atomic E-state index is -1.20. The molecule has 1 heterocycles. The Kier molecular flexibility index (Phi) is 8.02. The highest BCUT2D eigenvalue weighted by Gasteiger charge is 2.39. The molecular formula is C31H30ClNO5. The van der Waals surface area contributed by atoms with Crippen LogP contribution in [0.25, 0.3) is 11.1 Å². The van der Waals surface area contributed by atoms with Gasteiger partial charge in [0.05, 0.1) is 23.3 Å². The van der Waals surface area contributed by atoms with Crippen LogP contribution in [-0.4, -0.2) is 41.3 Å². The number of carboxylic acid groups (broad SMARTS) is 1. The Hall–Kier alpha value is -3.90. The van der Waals surface area contributed by atoms with Gasteiger partial charge in [-0.15, -0.1) is 0 Å². The smallest absolute Gasteiger partial charge is 0.335 e. The van der Waals surface area contributed by atoms with Crippen molar-refractivity contribution in [3.8, 4) is 22.6 Å². The van der Waals surface area contributed by atoms with Gasteiger partial charge in [0.2, 0.25) is 0 Å². The Bertz CT molecular complexity index is 1430. The van der Waals surface area contributed by atoms with Gasteiger partial charge >= 0.3 is 5.97 Å². The van der Waals surface area contributed by atoms with Crippen LogP contribution >= 0.6 is 11.6 Å². The monoisotopic (exact) mass is 531 g/mol. The number of aliphatic imine (C=N–C) groups is 1. The standard InChI is InChI=1S/C31H30ClNO5/c1-5-37-28-12-9-21(22-8-7-20(4)26(16-22)30(35)36)15-23(28)18-31(13-6-14-33-31)29(34)25-11-10-24(17-27(25)32)38-19(2)3/h6-17,19H,5,18H2,1-4H3,(H,35,36). The molecule has 1 unspecified atom stereocenters. The van der Waals surface area contributed by atoms with E-state index >= 15 is 0 Å². The zero-order valence-corrected chi connectivity index (χ0v) is 22.6. The van der Waals surface area contributed by atoms with Gasteiger partial charge in [0.1, 0.15) is 17.0 Å². The van der Waals surface area contributed by atoms with Crippen LogP contribution in [0.1, 0.15) is 52.6 Å². The summed E-state index contributed by atoms with van der Waals surface area (Å²) >= 11 is 6.54. The molecular weight excluding hydrogens is 502 g/mol. The molecule has 3 aromatic carbocycles. The van der Waals surface area contributed by atoms with Gasteiger partial charge in [0.15, 0.2) is 5.78 Å². The fraction of sp³-hybridized carbons (Fsp3) is 0.258. The largest absolute Gasteiger partial charge is 0.494 e. The first-order valence-corrected chi connectivity index (χ1v) is 12.9. The van der Waals surface area contributed by atoms with Crippen LogP contribution in [0.15, 0.2) is 71.7 Å². The minimum absolute atomic E-state index is 0.0225. The Labute approximate surface area is 227 Å². The topological polar surface area (TPSA) is 85.2 Å². The zero-order chi connectivity index (χ0) is 27.4. The summed E-state index contributed by atoms with van der Waals surface area (Å²) in [6.07, 6.45) is 5.36. The van der Waals surface area contributed by atoms with Gasteiger partial charge in [-0.3, -0.25) is 9.79 Å². The molecule has 196 valence electrons. The van der Waals surface area contributed by atoms with Gasteiger partial charge < -0.3 is 14.6 Å². The second kappa shape index (κ2) is 11.2. The van der Waals surface area contributed by atoms with Crippen LogP contribution in [0.5, 0.6) is 11.5 Å². The third-order valence-corrected chi connectivity index (χ3v) is 6.65. The quantitative estimate of drug-likeness (QED) is 0.284. The number of carbonyl (C=O) groups excluding carboxylic acids is 1. The molecule has 6 nitrogen and oxygen atoms in total. The number of rotatable bonds is 10. The number of hydrogen-bond donors (Lipinski definition) is 1. The lowest BCUT2D eigenvalue weighted by atomic mass is 9.83. The Morgan fingerprint density at radius 2 is 1.76 bits per heavy atom. The van der Waals surface area contributed by atoms with E-state index < -0.39 is 11.5 Å². The normalized spacial score (nSPS) is 16.2. The second-order valence-corrected chi connectivity index (χ2v) is 9.87. The van der Waals surface area contributed by atoms with Crippen molar-refractivity contribution >= 4 is 29.6 Å². The summed E-state index contributed by atoms with van der Waals surface area (Å²) in [5, 5.41) is 9.88. The summed E-state index contributed by atoms with van der Waals surface area (Å²) in [5.74, 6) is 0.00892. The number of ether oxygens (including phenoxy) is 2. The number of carbonyl (C=O) groups is 2. The summed E-state index contributed by atoms with van der Waals surface area (Å²) in [4.78, 5) is 30.2. The molecule has 1 aliphatic rings. The van der Waals surface area contributed by atoms with Crippen molar-refractivity contribution in [2.75, 3.05) is 6.61 Å². The molecule has 38 heavy (non-hydrogen) atoms. The van der Waals surface area contributed by atoms with E-state index in [4.69, 9.17) is 21.1 Å². The van der Waals surface area contributed by atoms with Gasteiger partial charge in [-0.1, -0.05) is 29.8 Å². The number of aryl methyl sites for hydroxylation is 1. The molecule has 0 saturated carbocycles. The molecule has 0 fully saturated rings. The Morgan fingerprint density at radius 1 is 1.03 bits per heavy atom. The highest BCUT2D eigenvalue weighted by molar-refractivity contribution is 6.34. The van der Waals surface area contributed by atoms with Gasteiger partial charge in [-0.05, 0) is 98.5 Å². The number of benzene rings is 3. The van der Waals surface area contributed by atoms with Crippen LogP contribution in [-0.2, 0) is 6.42 Å². The predicted octanol–water partition coefficient (Wildman–Crippen LogP) is 7.00. The molecule has 0 bridgehead atoms. The molecule has 3 aromatic rings. The van der Waals surface area contributed by atoms with Crippen LogP contribution in [0.4, 0.5) is 0 Å². The lowest BCUT2D eigenvalue weighted by molar-refractivity contribution is 0.0696. The number of nitrogens with zero attached hydrogens (tertiary/aromatic N) is 1. The maximum absolute atomic E-state index is 13.9. The average Bonchev–Trinajstić information content (AvgIpc) is 3.34. The Balaban J connectivity index is 1.74. The molecule has 1 atom stereocenters. The van der Waals surface area contributed by atoms with Crippen molar-refractivity contribution < 1.29 is 24.2 Å². The van der Waals surface area contributed by atoms with Crippen molar-refractivity contribution in [2.45, 2.75) is 45.8 Å². The van der Waals surface area contributed by atoms with Crippen LogP contribution in [0, 0.1) is 6.92 Å². The highest BCUT2D eigenvalue weighted by Crippen LogP contribution is 2.36. The van der Waals surface area contributed by atoms with Crippen molar-refractivity contribution in [3.05, 3.63) is 94.0 Å². The molecule has 0 aliphatic carbocycles. The zero-order valence-electron chi connectivity index (χ0n) is 21.8. The summed E-state index contributed by atoms with van der Waals surface area (Å²) in [5.41, 5.74) is 2.42. The molecule has 0 radical (unpaired) electrons. The second-order valence-electron chi connectivity index (χ2n) is 9.47. The third kappa shape index (κ3) is 5.65. The number of carboxylic acids is 1. The predicted molar refractivity (Wildman–Crippen MR) is 150 cm³/mol. The van der Waals surface area contributed by atoms with Crippen molar-refractivity contribution in [1.82, 2.24) is 0 Å². The lowest BCUT2D eigenvalue weighted by Crippen LogP contribution is -2.36. The van der Waals surface area contributed by atoms with Crippen molar-refractivity contribution in [1.29, 1.82) is 0 Å². The van der Waals surface area contributed by atoms with E-state index in [1.807, 2.05) is 45.0 Å². The average molecular weight is 532 g/mol. The fourth-order valence-corrected chi connectivity index (χ4v) is 4.77. The molecule has 0 saturated heterocycles. The summed E-state index contributed by atoms with van der Waals surface area (Å²) in [7, 11) is 0.